The lowest BCUT2D eigenvalue weighted by Crippen LogP contribution is -2.53. The molecule has 3 amide bonds. The summed E-state index contributed by atoms with van der Waals surface area (Å²) in [7, 11) is 0. The molecule has 0 saturated carbocycles. The molecule has 200 valence electrons. The molecular weight excluding hydrogens is 506 g/mol. The second-order valence-corrected chi connectivity index (χ2v) is 10.0. The third-order valence-corrected chi connectivity index (χ3v) is 6.39. The van der Waals surface area contributed by atoms with E-state index in [0.717, 1.165) is 5.56 Å². The first-order chi connectivity index (χ1) is 17.5. The Kier molecular flexibility index (Phi) is 9.61. The lowest BCUT2D eigenvalue weighted by Gasteiger charge is -2.36. The summed E-state index contributed by atoms with van der Waals surface area (Å²) in [4.78, 5) is 32.1. The molecule has 1 aliphatic rings. The van der Waals surface area contributed by atoms with Gasteiger partial charge in [-0.25, -0.2) is 24.5 Å². The summed E-state index contributed by atoms with van der Waals surface area (Å²) in [6.07, 6.45) is 3.48. The van der Waals surface area contributed by atoms with E-state index in [0.29, 0.717) is 17.5 Å². The first-order valence-corrected chi connectivity index (χ1v) is 12.1. The van der Waals surface area contributed by atoms with Crippen molar-refractivity contribution >= 4 is 29.6 Å². The second kappa shape index (κ2) is 12.5. The van der Waals surface area contributed by atoms with Gasteiger partial charge in [-0.15, -0.1) is 0 Å². The van der Waals surface area contributed by atoms with Gasteiger partial charge in [0.05, 0.1) is 24.2 Å². The summed E-state index contributed by atoms with van der Waals surface area (Å²) in [6.45, 7) is 5.08. The first-order valence-electron chi connectivity index (χ1n) is 11.7. The third-order valence-electron chi connectivity index (χ3n) is 5.97. The molecule has 0 aromatic heterocycles. The normalized spacial score (nSPS) is 13.8. The predicted molar refractivity (Wildman–Crippen MR) is 136 cm³/mol. The van der Waals surface area contributed by atoms with Crippen LogP contribution in [0.1, 0.15) is 43.9 Å². The van der Waals surface area contributed by atoms with Crippen LogP contribution in [0.3, 0.4) is 0 Å². The molecule has 0 unspecified atom stereocenters. The Morgan fingerprint density at radius 3 is 2.73 bits per heavy atom. The number of nitrogens with one attached hydrogen (secondary N) is 2. The molecule has 3 rings (SSSR count). The molecular formula is C26H31ClF2N4O4. The van der Waals surface area contributed by atoms with Gasteiger partial charge in [-0.2, -0.15) is 0 Å². The number of halogens is 3. The lowest BCUT2D eigenvalue weighted by atomic mass is 9.86. The van der Waals surface area contributed by atoms with Gasteiger partial charge in [0, 0.05) is 26.3 Å². The summed E-state index contributed by atoms with van der Waals surface area (Å²) in [5.41, 5.74) is 6.71. The largest absolute Gasteiger partial charge is 0.396 e. The van der Waals surface area contributed by atoms with Crippen molar-refractivity contribution in [2.45, 2.75) is 46.3 Å². The van der Waals surface area contributed by atoms with Gasteiger partial charge in [0.2, 0.25) is 5.91 Å². The van der Waals surface area contributed by atoms with E-state index < -0.39 is 23.3 Å². The highest BCUT2D eigenvalue weighted by molar-refractivity contribution is 6.31. The molecule has 1 heterocycles. The Labute approximate surface area is 219 Å². The van der Waals surface area contributed by atoms with E-state index in [1.165, 1.54) is 47.3 Å². The maximum absolute atomic E-state index is 13.8. The molecule has 0 radical (unpaired) electrons. The van der Waals surface area contributed by atoms with Crippen LogP contribution in [0, 0.1) is 17.0 Å². The van der Waals surface area contributed by atoms with Gasteiger partial charge in [-0.1, -0.05) is 43.6 Å². The van der Waals surface area contributed by atoms with Crippen molar-refractivity contribution in [2.75, 3.05) is 13.2 Å². The summed E-state index contributed by atoms with van der Waals surface area (Å²) < 4.78 is 27.3. The van der Waals surface area contributed by atoms with Crippen LogP contribution in [0.15, 0.2) is 42.6 Å². The average Bonchev–Trinajstić information content (AvgIpc) is 2.85. The smallest absolute Gasteiger partial charge is 0.345 e. The molecule has 2 aromatic carbocycles. The fraction of sp³-hybridized carbons (Fsp3) is 0.385. The predicted octanol–water partition coefficient (Wildman–Crippen LogP) is 4.38. The Hall–Kier alpha value is -3.05. The standard InChI is InChI=1S/C26H31ClF2N4O4/c1-17(35)33(30-13-19-5-4-6-23(29)24(19)27)22(12-26(2,3)16-34)15-37-31-25(36)32-10-9-18-11-21(28)8-7-20(18)14-32/h4-11,22,30,34H,12-16H2,1-3H3,(H,31,36)/t22-/m0/s1. The zero-order chi connectivity index (χ0) is 27.2. The van der Waals surface area contributed by atoms with Gasteiger partial charge in [0.1, 0.15) is 11.6 Å². The number of aliphatic hydroxyl groups excluding tert-OH is 1. The minimum atomic E-state index is -0.604. The van der Waals surface area contributed by atoms with Crippen molar-refractivity contribution < 1.29 is 28.3 Å². The number of benzene rings is 2. The minimum Gasteiger partial charge on any atom is -0.396 e. The highest BCUT2D eigenvalue weighted by Gasteiger charge is 2.30. The number of amides is 3. The summed E-state index contributed by atoms with van der Waals surface area (Å²) in [5.74, 6) is -1.27. The average molecular weight is 537 g/mol. The first kappa shape index (κ1) is 28.5. The number of hydrogen-bond donors (Lipinski definition) is 3. The van der Waals surface area contributed by atoms with Gasteiger partial charge in [-0.05, 0) is 52.8 Å². The van der Waals surface area contributed by atoms with E-state index in [4.69, 9.17) is 16.4 Å². The molecule has 1 atom stereocenters. The van der Waals surface area contributed by atoms with Gasteiger partial charge >= 0.3 is 6.03 Å². The molecule has 8 nitrogen and oxygen atoms in total. The van der Waals surface area contributed by atoms with Crippen molar-refractivity contribution in [3.05, 3.63) is 75.9 Å². The van der Waals surface area contributed by atoms with Crippen molar-refractivity contribution in [3.63, 3.8) is 0 Å². The number of hydroxylamine groups is 1. The molecule has 37 heavy (non-hydrogen) atoms. The molecule has 1 aliphatic heterocycles. The number of fused-ring (bicyclic) bond motifs is 1. The minimum absolute atomic E-state index is 0.0480. The zero-order valence-electron chi connectivity index (χ0n) is 20.9. The highest BCUT2D eigenvalue weighted by atomic mass is 35.5. The van der Waals surface area contributed by atoms with Crippen LogP contribution in [-0.2, 0) is 22.7 Å². The van der Waals surface area contributed by atoms with Gasteiger partial charge in [-0.3, -0.25) is 19.5 Å². The fourth-order valence-electron chi connectivity index (χ4n) is 3.95. The van der Waals surface area contributed by atoms with Crippen molar-refractivity contribution in [1.82, 2.24) is 20.8 Å². The topological polar surface area (TPSA) is 94.1 Å². The summed E-state index contributed by atoms with van der Waals surface area (Å²) >= 11 is 6.04. The Morgan fingerprint density at radius 2 is 2.03 bits per heavy atom. The van der Waals surface area contributed by atoms with Gasteiger partial charge in [0.25, 0.3) is 0 Å². The summed E-state index contributed by atoms with van der Waals surface area (Å²) in [6, 6.07) is 7.59. The van der Waals surface area contributed by atoms with Gasteiger partial charge in [0.15, 0.2) is 0 Å². The summed E-state index contributed by atoms with van der Waals surface area (Å²) in [5, 5.41) is 11.1. The van der Waals surface area contributed by atoms with E-state index in [1.807, 2.05) is 13.8 Å². The molecule has 0 aliphatic carbocycles. The number of urea groups is 1. The van der Waals surface area contributed by atoms with Crippen molar-refractivity contribution in [3.8, 4) is 0 Å². The van der Waals surface area contributed by atoms with Crippen LogP contribution in [-0.4, -0.2) is 46.2 Å². The molecule has 0 bridgehead atoms. The fourth-order valence-corrected chi connectivity index (χ4v) is 4.14. The number of hydrogen-bond acceptors (Lipinski definition) is 5. The Morgan fingerprint density at radius 1 is 1.27 bits per heavy atom. The highest BCUT2D eigenvalue weighted by Crippen LogP contribution is 2.25. The van der Waals surface area contributed by atoms with Crippen LogP contribution in [0.4, 0.5) is 13.6 Å². The van der Waals surface area contributed by atoms with E-state index in [9.17, 15) is 23.5 Å². The number of nitrogens with zero attached hydrogens (tertiary/aromatic N) is 2. The number of carbonyl (C=O) groups excluding carboxylic acids is 2. The van der Waals surface area contributed by atoms with Crippen LogP contribution in [0.5, 0.6) is 0 Å². The van der Waals surface area contributed by atoms with Crippen molar-refractivity contribution in [1.29, 1.82) is 0 Å². The second-order valence-electron chi connectivity index (χ2n) is 9.62. The molecule has 3 N–H and O–H groups in total. The lowest BCUT2D eigenvalue weighted by molar-refractivity contribution is -0.139. The van der Waals surface area contributed by atoms with Crippen LogP contribution >= 0.6 is 11.6 Å². The maximum Gasteiger partial charge on any atom is 0.345 e. The van der Waals surface area contributed by atoms with Crippen LogP contribution in [0.25, 0.3) is 6.08 Å². The van der Waals surface area contributed by atoms with E-state index >= 15 is 0 Å². The van der Waals surface area contributed by atoms with E-state index in [1.54, 1.807) is 18.2 Å². The van der Waals surface area contributed by atoms with Crippen molar-refractivity contribution in [2.24, 2.45) is 5.41 Å². The van der Waals surface area contributed by atoms with E-state index in [-0.39, 0.29) is 43.1 Å². The molecule has 11 heteroatoms. The number of rotatable bonds is 10. The third kappa shape index (κ3) is 7.72. The maximum atomic E-state index is 13.8. The number of aliphatic hydroxyl groups is 1. The molecule has 0 spiro atoms. The number of carbonyl (C=O) groups is 2. The van der Waals surface area contributed by atoms with Crippen LogP contribution < -0.4 is 10.9 Å². The number of hydrazine groups is 1. The van der Waals surface area contributed by atoms with Gasteiger partial charge < -0.3 is 5.11 Å². The van der Waals surface area contributed by atoms with Crippen LogP contribution in [0.2, 0.25) is 5.02 Å². The monoisotopic (exact) mass is 536 g/mol. The quantitative estimate of drug-likeness (QED) is 0.392. The van der Waals surface area contributed by atoms with E-state index in [2.05, 4.69) is 10.9 Å². The molecule has 0 fully saturated rings. The Bertz CT molecular complexity index is 1160. The SMILES string of the molecule is CC(=O)N(NCc1cccc(F)c1Cl)[C@H](CONC(=O)N1C=Cc2cc(F)ccc2C1)CC(C)(C)CO. The molecule has 2 aromatic rings. The Balaban J connectivity index is 1.65. The zero-order valence-corrected chi connectivity index (χ0v) is 21.7. The molecule has 0 saturated heterocycles.